The minimum absolute atomic E-state index is 0.170. The van der Waals surface area contributed by atoms with E-state index < -0.39 is 6.10 Å². The van der Waals surface area contributed by atoms with Gasteiger partial charge in [-0.15, -0.1) is 0 Å². The molecule has 0 saturated carbocycles. The van der Waals surface area contributed by atoms with E-state index in [1.807, 2.05) is 67.6 Å². The van der Waals surface area contributed by atoms with Crippen molar-refractivity contribution in [3.63, 3.8) is 0 Å². The number of carbonyl (C=O) groups excluding carboxylic acids is 1. The highest BCUT2D eigenvalue weighted by atomic mass is 16.5. The standard InChI is InChI=1S/C32H42N2O3/c1-3-4-5-6-7-8-9-10-11-31(32(36)34-33-28-18-12-25(2)13-19-28)37-30-22-16-27(17-23-30)24-26-14-20-29(35)21-15-26/h12-23,31,33,35H,3-11,24H2,1-2H3,(H,34,36). The van der Waals surface area contributed by atoms with Crippen molar-refractivity contribution in [3.8, 4) is 11.5 Å². The molecule has 3 N–H and O–H groups in total. The van der Waals surface area contributed by atoms with Crippen LogP contribution in [-0.4, -0.2) is 17.1 Å². The lowest BCUT2D eigenvalue weighted by Gasteiger charge is -2.20. The summed E-state index contributed by atoms with van der Waals surface area (Å²) in [7, 11) is 0. The number of hydrogen-bond donors (Lipinski definition) is 3. The molecule has 1 unspecified atom stereocenters. The number of unbranched alkanes of at least 4 members (excludes halogenated alkanes) is 7. The van der Waals surface area contributed by atoms with Crippen LogP contribution in [-0.2, 0) is 11.2 Å². The number of phenols is 1. The van der Waals surface area contributed by atoms with Crippen LogP contribution in [0.2, 0.25) is 0 Å². The first kappa shape index (κ1) is 28.1. The molecule has 0 bridgehead atoms. The molecule has 198 valence electrons. The first-order valence-corrected chi connectivity index (χ1v) is 13.7. The van der Waals surface area contributed by atoms with Crippen molar-refractivity contribution in [2.45, 2.75) is 84.2 Å². The quantitative estimate of drug-likeness (QED) is 0.139. The number of hydrazine groups is 1. The summed E-state index contributed by atoms with van der Waals surface area (Å²) >= 11 is 0. The maximum absolute atomic E-state index is 13.0. The van der Waals surface area contributed by atoms with Gasteiger partial charge in [0.2, 0.25) is 0 Å². The molecule has 0 aliphatic carbocycles. The summed E-state index contributed by atoms with van der Waals surface area (Å²) in [5, 5.41) is 9.48. The summed E-state index contributed by atoms with van der Waals surface area (Å²) in [6, 6.07) is 23.0. The SMILES string of the molecule is CCCCCCCCCCC(Oc1ccc(Cc2ccc(O)cc2)cc1)C(=O)NNc1ccc(C)cc1. The van der Waals surface area contributed by atoms with Gasteiger partial charge in [-0.25, -0.2) is 0 Å². The fourth-order valence-corrected chi connectivity index (χ4v) is 4.26. The van der Waals surface area contributed by atoms with Crippen LogP contribution in [0.15, 0.2) is 72.8 Å². The predicted molar refractivity (Wildman–Crippen MR) is 152 cm³/mol. The summed E-state index contributed by atoms with van der Waals surface area (Å²) in [5.74, 6) is 0.784. The van der Waals surface area contributed by atoms with Crippen molar-refractivity contribution < 1.29 is 14.6 Å². The van der Waals surface area contributed by atoms with E-state index in [0.29, 0.717) is 12.2 Å². The van der Waals surface area contributed by atoms with Gasteiger partial charge >= 0.3 is 0 Å². The monoisotopic (exact) mass is 502 g/mol. The largest absolute Gasteiger partial charge is 0.508 e. The zero-order valence-electron chi connectivity index (χ0n) is 22.3. The van der Waals surface area contributed by atoms with Gasteiger partial charge in [0, 0.05) is 0 Å². The minimum Gasteiger partial charge on any atom is -0.508 e. The molecule has 0 aromatic heterocycles. The van der Waals surface area contributed by atoms with Gasteiger partial charge in [0.15, 0.2) is 6.10 Å². The molecule has 3 aromatic rings. The maximum Gasteiger partial charge on any atom is 0.279 e. The Balaban J connectivity index is 1.54. The van der Waals surface area contributed by atoms with Crippen LogP contribution in [0.3, 0.4) is 0 Å². The van der Waals surface area contributed by atoms with Crippen molar-refractivity contribution in [1.29, 1.82) is 0 Å². The van der Waals surface area contributed by atoms with Crippen molar-refractivity contribution >= 4 is 11.6 Å². The van der Waals surface area contributed by atoms with E-state index >= 15 is 0 Å². The van der Waals surface area contributed by atoms with E-state index in [1.54, 1.807) is 12.1 Å². The average molecular weight is 503 g/mol. The molecule has 0 aliphatic rings. The van der Waals surface area contributed by atoms with Crippen molar-refractivity contribution in [1.82, 2.24) is 5.43 Å². The number of phenolic OH excluding ortho intramolecular Hbond substituents is 1. The normalized spacial score (nSPS) is 11.6. The van der Waals surface area contributed by atoms with Gasteiger partial charge in [-0.1, -0.05) is 93.8 Å². The van der Waals surface area contributed by atoms with Gasteiger partial charge in [0.05, 0.1) is 5.69 Å². The fraction of sp³-hybridized carbons (Fsp3) is 0.406. The molecule has 0 radical (unpaired) electrons. The number of amides is 1. The molecule has 0 spiro atoms. The average Bonchev–Trinajstić information content (AvgIpc) is 2.91. The Bertz CT molecular complexity index is 1050. The lowest BCUT2D eigenvalue weighted by Crippen LogP contribution is -2.41. The lowest BCUT2D eigenvalue weighted by molar-refractivity contribution is -0.127. The molecule has 0 heterocycles. The molecular weight excluding hydrogens is 460 g/mol. The van der Waals surface area contributed by atoms with E-state index in [-0.39, 0.29) is 11.7 Å². The lowest BCUT2D eigenvalue weighted by atomic mass is 10.0. The van der Waals surface area contributed by atoms with E-state index in [1.165, 1.54) is 44.1 Å². The summed E-state index contributed by atoms with van der Waals surface area (Å²) in [6.45, 7) is 4.27. The summed E-state index contributed by atoms with van der Waals surface area (Å²) in [5.41, 5.74) is 10.1. The van der Waals surface area contributed by atoms with Crippen LogP contribution in [0, 0.1) is 6.92 Å². The molecule has 1 atom stereocenters. The Kier molecular flexibility index (Phi) is 11.9. The highest BCUT2D eigenvalue weighted by Crippen LogP contribution is 2.20. The predicted octanol–water partition coefficient (Wildman–Crippen LogP) is 7.71. The van der Waals surface area contributed by atoms with Gasteiger partial charge in [-0.05, 0) is 73.7 Å². The van der Waals surface area contributed by atoms with E-state index in [0.717, 1.165) is 36.1 Å². The zero-order chi connectivity index (χ0) is 26.3. The number of anilines is 1. The number of ether oxygens (including phenoxy) is 1. The molecule has 3 aromatic carbocycles. The molecule has 0 fully saturated rings. The summed E-state index contributed by atoms with van der Waals surface area (Å²) < 4.78 is 6.18. The number of benzene rings is 3. The number of aryl methyl sites for hydroxylation is 1. The minimum atomic E-state index is -0.569. The third-order valence-electron chi connectivity index (χ3n) is 6.54. The van der Waals surface area contributed by atoms with Crippen molar-refractivity contribution in [2.24, 2.45) is 0 Å². The Morgan fingerprint density at radius 3 is 1.97 bits per heavy atom. The molecule has 0 saturated heterocycles. The van der Waals surface area contributed by atoms with E-state index in [4.69, 9.17) is 4.74 Å². The molecule has 5 heteroatoms. The molecule has 0 aliphatic heterocycles. The van der Waals surface area contributed by atoms with Crippen LogP contribution >= 0.6 is 0 Å². The molecule has 1 amide bonds. The number of carbonyl (C=O) groups is 1. The van der Waals surface area contributed by atoms with Crippen LogP contribution < -0.4 is 15.6 Å². The highest BCUT2D eigenvalue weighted by Gasteiger charge is 2.20. The van der Waals surface area contributed by atoms with E-state index in [9.17, 15) is 9.90 Å². The van der Waals surface area contributed by atoms with Gasteiger partial charge in [-0.2, -0.15) is 0 Å². The second kappa shape index (κ2) is 15.6. The van der Waals surface area contributed by atoms with Gasteiger partial charge < -0.3 is 9.84 Å². The highest BCUT2D eigenvalue weighted by molar-refractivity contribution is 5.82. The van der Waals surface area contributed by atoms with Crippen LogP contribution in [0.25, 0.3) is 0 Å². The Morgan fingerprint density at radius 1 is 0.784 bits per heavy atom. The second-order valence-electron chi connectivity index (χ2n) is 9.84. The molecule has 3 rings (SSSR count). The third-order valence-corrected chi connectivity index (χ3v) is 6.54. The molecular formula is C32H42N2O3. The van der Waals surface area contributed by atoms with Crippen molar-refractivity contribution in [3.05, 3.63) is 89.5 Å². The Hall–Kier alpha value is -3.47. The summed E-state index contributed by atoms with van der Waals surface area (Å²) in [4.78, 5) is 13.0. The third kappa shape index (κ3) is 10.6. The zero-order valence-corrected chi connectivity index (χ0v) is 22.3. The smallest absolute Gasteiger partial charge is 0.279 e. The van der Waals surface area contributed by atoms with Crippen LogP contribution in [0.4, 0.5) is 5.69 Å². The Morgan fingerprint density at radius 2 is 1.35 bits per heavy atom. The fourth-order valence-electron chi connectivity index (χ4n) is 4.26. The number of hydrogen-bond acceptors (Lipinski definition) is 4. The van der Waals surface area contributed by atoms with Gasteiger partial charge in [0.25, 0.3) is 5.91 Å². The maximum atomic E-state index is 13.0. The van der Waals surface area contributed by atoms with Crippen molar-refractivity contribution in [2.75, 3.05) is 5.43 Å². The number of rotatable bonds is 16. The summed E-state index contributed by atoms with van der Waals surface area (Å²) in [6.07, 6.45) is 10.6. The first-order chi connectivity index (χ1) is 18.0. The second-order valence-corrected chi connectivity index (χ2v) is 9.84. The number of nitrogens with one attached hydrogen (secondary N) is 2. The van der Waals surface area contributed by atoms with Gasteiger partial charge in [0.1, 0.15) is 11.5 Å². The molecule has 37 heavy (non-hydrogen) atoms. The van der Waals surface area contributed by atoms with E-state index in [2.05, 4.69) is 17.8 Å². The first-order valence-electron chi connectivity index (χ1n) is 13.7. The van der Waals surface area contributed by atoms with Crippen LogP contribution in [0.1, 0.15) is 81.4 Å². The number of aromatic hydroxyl groups is 1. The van der Waals surface area contributed by atoms with Crippen LogP contribution in [0.5, 0.6) is 11.5 Å². The topological polar surface area (TPSA) is 70.6 Å². The molecule has 5 nitrogen and oxygen atoms in total. The Labute approximate surface area is 222 Å². The van der Waals surface area contributed by atoms with Gasteiger partial charge in [-0.3, -0.25) is 15.6 Å².